The number of nitrogens with zero attached hydrogens (tertiary/aromatic N) is 2. The van der Waals surface area contributed by atoms with Crippen LogP contribution in [0, 0.1) is 5.82 Å². The zero-order valence-electron chi connectivity index (χ0n) is 8.03. The van der Waals surface area contributed by atoms with E-state index in [4.69, 9.17) is 0 Å². The highest BCUT2D eigenvalue weighted by atomic mass is 19.1. The molecule has 15 heavy (non-hydrogen) atoms. The first-order valence-corrected chi connectivity index (χ1v) is 4.95. The number of aryl methyl sites for hydroxylation is 1. The molecule has 0 unspecified atom stereocenters. The normalized spacial score (nSPS) is 14.5. The Morgan fingerprint density at radius 2 is 2.27 bits per heavy atom. The average Bonchev–Trinajstić information content (AvgIpc) is 2.68. The van der Waals surface area contributed by atoms with Crippen LogP contribution in [0.4, 0.5) is 4.39 Å². The first kappa shape index (κ1) is 8.59. The fraction of sp³-hybridized carbons (Fsp3) is 0.273. The van der Waals surface area contributed by atoms with Crippen molar-refractivity contribution in [2.24, 2.45) is 0 Å². The van der Waals surface area contributed by atoms with Crippen LogP contribution in [0.2, 0.25) is 0 Å². The van der Waals surface area contributed by atoms with Gasteiger partial charge in [0.2, 0.25) is 0 Å². The van der Waals surface area contributed by atoms with Gasteiger partial charge < -0.3 is 0 Å². The van der Waals surface area contributed by atoms with Crippen LogP contribution < -0.4 is 5.56 Å². The minimum absolute atomic E-state index is 0.119. The highest BCUT2D eigenvalue weighted by Crippen LogP contribution is 2.15. The third-order valence-electron chi connectivity index (χ3n) is 2.78. The van der Waals surface area contributed by atoms with Gasteiger partial charge in [-0.05, 0) is 24.6 Å². The maximum Gasteiger partial charge on any atom is 0.261 e. The molecule has 0 N–H and O–H groups in total. The fourth-order valence-corrected chi connectivity index (χ4v) is 2.06. The van der Waals surface area contributed by atoms with Gasteiger partial charge in [-0.2, -0.15) is 0 Å². The smallest absolute Gasteiger partial charge is 0.261 e. The topological polar surface area (TPSA) is 34.9 Å². The predicted octanol–water partition coefficient (Wildman–Crippen LogP) is 1.48. The molecule has 76 valence electrons. The molecular weight excluding hydrogens is 195 g/mol. The summed E-state index contributed by atoms with van der Waals surface area (Å²) in [5.41, 5.74) is 0.474. The highest BCUT2D eigenvalue weighted by molar-refractivity contribution is 5.77. The standard InChI is InChI=1S/C11H9FN2O/c12-7-3-4-9-8(6-7)11(15)14-5-1-2-10(14)13-9/h3-4,6H,1-2,5H2. The molecule has 0 atom stereocenters. The van der Waals surface area contributed by atoms with E-state index in [0.29, 0.717) is 17.4 Å². The van der Waals surface area contributed by atoms with Crippen molar-refractivity contribution < 1.29 is 4.39 Å². The number of fused-ring (bicyclic) bond motifs is 2. The molecule has 1 aromatic carbocycles. The lowest BCUT2D eigenvalue weighted by atomic mass is 10.2. The van der Waals surface area contributed by atoms with Crippen LogP contribution in [0.1, 0.15) is 12.2 Å². The summed E-state index contributed by atoms with van der Waals surface area (Å²) in [6.07, 6.45) is 1.78. The number of rotatable bonds is 0. The van der Waals surface area contributed by atoms with E-state index in [2.05, 4.69) is 4.98 Å². The second-order valence-electron chi connectivity index (χ2n) is 3.75. The van der Waals surface area contributed by atoms with Gasteiger partial charge in [0.25, 0.3) is 5.56 Å². The summed E-state index contributed by atoms with van der Waals surface area (Å²) >= 11 is 0. The van der Waals surface area contributed by atoms with Gasteiger partial charge >= 0.3 is 0 Å². The summed E-state index contributed by atoms with van der Waals surface area (Å²) in [5.74, 6) is 0.430. The maximum absolute atomic E-state index is 13.0. The lowest BCUT2D eigenvalue weighted by molar-refractivity contribution is 0.628. The van der Waals surface area contributed by atoms with Crippen molar-refractivity contribution in [3.63, 3.8) is 0 Å². The van der Waals surface area contributed by atoms with E-state index >= 15 is 0 Å². The molecule has 3 rings (SSSR count). The SMILES string of the molecule is O=c1c2cc(F)ccc2nc2n1CCC2. The Bertz CT molecular complexity index is 603. The van der Waals surface area contributed by atoms with Crippen LogP contribution in [-0.4, -0.2) is 9.55 Å². The molecule has 0 saturated heterocycles. The molecule has 0 radical (unpaired) electrons. The molecule has 0 fully saturated rings. The molecule has 0 amide bonds. The van der Waals surface area contributed by atoms with E-state index in [1.807, 2.05) is 0 Å². The van der Waals surface area contributed by atoms with Crippen LogP contribution in [0.5, 0.6) is 0 Å². The number of aromatic nitrogens is 2. The summed E-state index contributed by atoms with van der Waals surface area (Å²) in [7, 11) is 0. The number of hydrogen-bond donors (Lipinski definition) is 0. The molecule has 1 aliphatic heterocycles. The van der Waals surface area contributed by atoms with Crippen molar-refractivity contribution >= 4 is 10.9 Å². The van der Waals surface area contributed by atoms with E-state index in [-0.39, 0.29) is 11.4 Å². The van der Waals surface area contributed by atoms with Gasteiger partial charge in [0.1, 0.15) is 11.6 Å². The first-order chi connectivity index (χ1) is 7.25. The van der Waals surface area contributed by atoms with Crippen LogP contribution in [0.25, 0.3) is 10.9 Å². The van der Waals surface area contributed by atoms with Crippen LogP contribution in [-0.2, 0) is 13.0 Å². The van der Waals surface area contributed by atoms with Gasteiger partial charge in [0, 0.05) is 13.0 Å². The van der Waals surface area contributed by atoms with E-state index in [1.165, 1.54) is 12.1 Å². The van der Waals surface area contributed by atoms with E-state index < -0.39 is 0 Å². The first-order valence-electron chi connectivity index (χ1n) is 4.95. The molecule has 0 bridgehead atoms. The van der Waals surface area contributed by atoms with Crippen molar-refractivity contribution in [2.45, 2.75) is 19.4 Å². The fourth-order valence-electron chi connectivity index (χ4n) is 2.06. The molecule has 2 aromatic rings. The lowest BCUT2D eigenvalue weighted by Crippen LogP contribution is -2.20. The van der Waals surface area contributed by atoms with Gasteiger partial charge in [-0.3, -0.25) is 9.36 Å². The van der Waals surface area contributed by atoms with Gasteiger partial charge in [-0.15, -0.1) is 0 Å². The monoisotopic (exact) mass is 204 g/mol. The minimum atomic E-state index is -0.389. The second kappa shape index (κ2) is 2.89. The Morgan fingerprint density at radius 3 is 3.13 bits per heavy atom. The Balaban J connectivity index is 2.47. The Labute approximate surface area is 85.2 Å². The van der Waals surface area contributed by atoms with Crippen LogP contribution >= 0.6 is 0 Å². The summed E-state index contributed by atoms with van der Waals surface area (Å²) in [6, 6.07) is 4.16. The van der Waals surface area contributed by atoms with Crippen molar-refractivity contribution in [2.75, 3.05) is 0 Å². The molecule has 1 aliphatic rings. The molecule has 2 heterocycles. The van der Waals surface area contributed by atoms with E-state index in [9.17, 15) is 9.18 Å². The summed E-state index contributed by atoms with van der Waals surface area (Å²) in [6.45, 7) is 0.702. The molecule has 0 saturated carbocycles. The van der Waals surface area contributed by atoms with Gasteiger partial charge in [0.15, 0.2) is 0 Å². The number of hydrogen-bond acceptors (Lipinski definition) is 2. The molecule has 0 spiro atoms. The van der Waals surface area contributed by atoms with Gasteiger partial charge in [0.05, 0.1) is 10.9 Å². The van der Waals surface area contributed by atoms with Crippen molar-refractivity contribution in [1.82, 2.24) is 9.55 Å². The third-order valence-corrected chi connectivity index (χ3v) is 2.78. The zero-order chi connectivity index (χ0) is 10.4. The molecule has 1 aromatic heterocycles. The zero-order valence-corrected chi connectivity index (χ0v) is 8.03. The molecule has 4 heteroatoms. The van der Waals surface area contributed by atoms with Crippen molar-refractivity contribution in [1.29, 1.82) is 0 Å². The largest absolute Gasteiger partial charge is 0.296 e. The minimum Gasteiger partial charge on any atom is -0.296 e. The maximum atomic E-state index is 13.0. The van der Waals surface area contributed by atoms with E-state index in [0.717, 1.165) is 18.7 Å². The molecular formula is C11H9FN2O. The van der Waals surface area contributed by atoms with Crippen LogP contribution in [0.3, 0.4) is 0 Å². The van der Waals surface area contributed by atoms with Crippen molar-refractivity contribution in [3.8, 4) is 0 Å². The van der Waals surface area contributed by atoms with Gasteiger partial charge in [-0.25, -0.2) is 9.37 Å². The quantitative estimate of drug-likeness (QED) is 0.651. The number of benzene rings is 1. The second-order valence-corrected chi connectivity index (χ2v) is 3.75. The summed E-state index contributed by atoms with van der Waals surface area (Å²) < 4.78 is 14.6. The number of halogens is 1. The Kier molecular flexibility index (Phi) is 1.65. The van der Waals surface area contributed by atoms with Gasteiger partial charge in [-0.1, -0.05) is 0 Å². The highest BCUT2D eigenvalue weighted by Gasteiger charge is 2.15. The lowest BCUT2D eigenvalue weighted by Gasteiger charge is -2.04. The van der Waals surface area contributed by atoms with E-state index in [1.54, 1.807) is 10.6 Å². The summed E-state index contributed by atoms with van der Waals surface area (Å²) in [5, 5.41) is 0.376. The van der Waals surface area contributed by atoms with Crippen LogP contribution in [0.15, 0.2) is 23.0 Å². The molecule has 0 aliphatic carbocycles. The Morgan fingerprint density at radius 1 is 1.40 bits per heavy atom. The third kappa shape index (κ3) is 1.17. The predicted molar refractivity (Wildman–Crippen MR) is 54.3 cm³/mol. The average molecular weight is 204 g/mol. The molecule has 3 nitrogen and oxygen atoms in total. The summed E-state index contributed by atoms with van der Waals surface area (Å²) in [4.78, 5) is 16.3. The Hall–Kier alpha value is -1.71. The van der Waals surface area contributed by atoms with Crippen molar-refractivity contribution in [3.05, 3.63) is 40.2 Å².